The van der Waals surface area contributed by atoms with Gasteiger partial charge < -0.3 is 10.2 Å². The molecule has 0 radical (unpaired) electrons. The number of nitrogens with zero attached hydrogens (tertiary/aromatic N) is 1. The summed E-state index contributed by atoms with van der Waals surface area (Å²) < 4.78 is 25.1. The van der Waals surface area contributed by atoms with Gasteiger partial charge in [0.2, 0.25) is 0 Å². The van der Waals surface area contributed by atoms with Crippen LogP contribution in [0.3, 0.4) is 0 Å². The number of rotatable bonds is 3. The van der Waals surface area contributed by atoms with Crippen LogP contribution in [0.15, 0.2) is 29.2 Å². The molecule has 1 amide bonds. The number of benzene rings is 1. The number of piperazine rings is 1. The zero-order valence-electron chi connectivity index (χ0n) is 13.5. The molecule has 1 aliphatic heterocycles. The summed E-state index contributed by atoms with van der Waals surface area (Å²) in [5.41, 5.74) is 0.560. The highest BCUT2D eigenvalue weighted by Crippen LogP contribution is 2.29. The Kier molecular flexibility index (Phi) is 4.73. The predicted molar refractivity (Wildman–Crippen MR) is 89.3 cm³/mol. The molecule has 1 aliphatic carbocycles. The maximum absolute atomic E-state index is 12.6. The minimum absolute atomic E-state index is 0.0248. The van der Waals surface area contributed by atoms with Crippen molar-refractivity contribution in [1.29, 1.82) is 0 Å². The van der Waals surface area contributed by atoms with Crippen LogP contribution in [-0.4, -0.2) is 50.2 Å². The lowest BCUT2D eigenvalue weighted by molar-refractivity contribution is 0.0709. The molecule has 23 heavy (non-hydrogen) atoms. The minimum Gasteiger partial charge on any atom is -0.336 e. The topological polar surface area (TPSA) is 66.5 Å². The fraction of sp³-hybridized carbons (Fsp3) is 0.588. The minimum atomic E-state index is -3.25. The van der Waals surface area contributed by atoms with Gasteiger partial charge in [0, 0.05) is 31.2 Å². The van der Waals surface area contributed by atoms with E-state index in [1.807, 2.05) is 4.90 Å². The Morgan fingerprint density at radius 3 is 2.43 bits per heavy atom. The maximum atomic E-state index is 12.6. The van der Waals surface area contributed by atoms with Gasteiger partial charge >= 0.3 is 0 Å². The van der Waals surface area contributed by atoms with Crippen LogP contribution in [0, 0.1) is 0 Å². The van der Waals surface area contributed by atoms with Crippen LogP contribution >= 0.6 is 0 Å². The molecular formula is C17H24N2O3S. The molecule has 2 fully saturated rings. The Morgan fingerprint density at radius 2 is 1.83 bits per heavy atom. The average Bonchev–Trinajstić information content (AvgIpc) is 3.09. The molecular weight excluding hydrogens is 312 g/mol. The van der Waals surface area contributed by atoms with E-state index in [-0.39, 0.29) is 17.2 Å². The first-order valence-electron chi connectivity index (χ1n) is 8.35. The van der Waals surface area contributed by atoms with Crippen LogP contribution in [0.25, 0.3) is 0 Å². The van der Waals surface area contributed by atoms with Crippen LogP contribution in [0.2, 0.25) is 0 Å². The van der Waals surface area contributed by atoms with Crippen molar-refractivity contribution < 1.29 is 13.2 Å². The van der Waals surface area contributed by atoms with E-state index < -0.39 is 9.84 Å². The van der Waals surface area contributed by atoms with Gasteiger partial charge in [0.25, 0.3) is 5.91 Å². The van der Waals surface area contributed by atoms with Gasteiger partial charge in [0.15, 0.2) is 9.84 Å². The number of amides is 1. The van der Waals surface area contributed by atoms with E-state index in [4.69, 9.17) is 0 Å². The van der Waals surface area contributed by atoms with Crippen LogP contribution in [-0.2, 0) is 9.84 Å². The first kappa shape index (κ1) is 16.5. The van der Waals surface area contributed by atoms with Crippen molar-refractivity contribution in [2.75, 3.05) is 19.6 Å². The highest BCUT2D eigenvalue weighted by atomic mass is 32.2. The third-order valence-electron chi connectivity index (χ3n) is 4.83. The van der Waals surface area contributed by atoms with Crippen LogP contribution in [0.5, 0.6) is 0 Å². The predicted octanol–water partition coefficient (Wildman–Crippen LogP) is 1.84. The maximum Gasteiger partial charge on any atom is 0.253 e. The number of sulfone groups is 1. The zero-order chi connectivity index (χ0) is 16.4. The standard InChI is InChI=1S/C17H24N2O3S/c1-13-12-19(11-10-18-13)17(20)14-6-8-16(9-7-14)23(21,22)15-4-2-3-5-15/h6-9,13,15,18H,2-5,10-12H2,1H3/t13-/m0/s1. The lowest BCUT2D eigenvalue weighted by atomic mass is 10.1. The van der Waals surface area contributed by atoms with E-state index in [1.165, 1.54) is 0 Å². The summed E-state index contributed by atoms with van der Waals surface area (Å²) in [4.78, 5) is 14.7. The van der Waals surface area contributed by atoms with Gasteiger partial charge in [0.1, 0.15) is 0 Å². The molecule has 1 atom stereocenters. The molecule has 1 heterocycles. The molecule has 1 N–H and O–H groups in total. The summed E-state index contributed by atoms with van der Waals surface area (Å²) in [6, 6.07) is 6.77. The number of nitrogens with one attached hydrogen (secondary N) is 1. The summed E-state index contributed by atoms with van der Waals surface area (Å²) in [6.07, 6.45) is 3.48. The van der Waals surface area contributed by atoms with Crippen molar-refractivity contribution in [3.05, 3.63) is 29.8 Å². The molecule has 3 rings (SSSR count). The normalized spacial score (nSPS) is 23.2. The smallest absolute Gasteiger partial charge is 0.253 e. The number of hydrogen-bond acceptors (Lipinski definition) is 4. The van der Waals surface area contributed by atoms with Crippen molar-refractivity contribution >= 4 is 15.7 Å². The molecule has 6 heteroatoms. The quantitative estimate of drug-likeness (QED) is 0.914. The van der Waals surface area contributed by atoms with Gasteiger partial charge in [-0.3, -0.25) is 4.79 Å². The molecule has 126 valence electrons. The second-order valence-electron chi connectivity index (χ2n) is 6.58. The summed E-state index contributed by atoms with van der Waals surface area (Å²) in [7, 11) is -3.25. The van der Waals surface area contributed by atoms with E-state index in [9.17, 15) is 13.2 Å². The van der Waals surface area contributed by atoms with E-state index in [0.717, 1.165) is 32.2 Å². The van der Waals surface area contributed by atoms with Crippen LogP contribution in [0.4, 0.5) is 0 Å². The Labute approximate surface area is 138 Å². The van der Waals surface area contributed by atoms with Crippen molar-refractivity contribution in [2.24, 2.45) is 0 Å². The van der Waals surface area contributed by atoms with Crippen molar-refractivity contribution in [1.82, 2.24) is 10.2 Å². The fourth-order valence-electron chi connectivity index (χ4n) is 3.48. The lowest BCUT2D eigenvalue weighted by Gasteiger charge is -2.32. The SMILES string of the molecule is C[C@H]1CN(C(=O)c2ccc(S(=O)(=O)C3CCCC3)cc2)CCN1. The Bertz CT molecular complexity index is 664. The Morgan fingerprint density at radius 1 is 1.17 bits per heavy atom. The largest absolute Gasteiger partial charge is 0.336 e. The third-order valence-corrected chi connectivity index (χ3v) is 7.11. The number of hydrogen-bond donors (Lipinski definition) is 1. The van der Waals surface area contributed by atoms with Gasteiger partial charge in [-0.05, 0) is 44.0 Å². The van der Waals surface area contributed by atoms with E-state index in [2.05, 4.69) is 12.2 Å². The van der Waals surface area contributed by atoms with Crippen molar-refractivity contribution in [3.63, 3.8) is 0 Å². The molecule has 0 bridgehead atoms. The Hall–Kier alpha value is -1.40. The molecule has 0 unspecified atom stereocenters. The molecule has 0 spiro atoms. The summed E-state index contributed by atoms with van der Waals surface area (Å²) >= 11 is 0. The molecule has 0 aromatic heterocycles. The zero-order valence-corrected chi connectivity index (χ0v) is 14.3. The second kappa shape index (κ2) is 6.61. The van der Waals surface area contributed by atoms with E-state index in [1.54, 1.807) is 24.3 Å². The van der Waals surface area contributed by atoms with E-state index >= 15 is 0 Å². The highest BCUT2D eigenvalue weighted by Gasteiger charge is 2.30. The van der Waals surface area contributed by atoms with E-state index in [0.29, 0.717) is 23.5 Å². The second-order valence-corrected chi connectivity index (χ2v) is 8.81. The number of carbonyl (C=O) groups excluding carboxylic acids is 1. The van der Waals surface area contributed by atoms with Gasteiger partial charge in [-0.2, -0.15) is 0 Å². The monoisotopic (exact) mass is 336 g/mol. The highest BCUT2D eigenvalue weighted by molar-refractivity contribution is 7.92. The Balaban J connectivity index is 1.75. The van der Waals surface area contributed by atoms with Crippen molar-refractivity contribution in [3.8, 4) is 0 Å². The fourth-order valence-corrected chi connectivity index (χ4v) is 5.33. The van der Waals surface area contributed by atoms with Gasteiger partial charge in [-0.25, -0.2) is 8.42 Å². The van der Waals surface area contributed by atoms with Crippen LogP contribution in [0.1, 0.15) is 43.0 Å². The van der Waals surface area contributed by atoms with Gasteiger partial charge in [-0.1, -0.05) is 12.8 Å². The van der Waals surface area contributed by atoms with Crippen LogP contribution < -0.4 is 5.32 Å². The van der Waals surface area contributed by atoms with Gasteiger partial charge in [-0.15, -0.1) is 0 Å². The molecule has 5 nitrogen and oxygen atoms in total. The molecule has 1 aromatic rings. The average molecular weight is 336 g/mol. The summed E-state index contributed by atoms with van der Waals surface area (Å²) in [5, 5.41) is 3.05. The molecule has 1 saturated heterocycles. The van der Waals surface area contributed by atoms with Gasteiger partial charge in [0.05, 0.1) is 10.1 Å². The lowest BCUT2D eigenvalue weighted by Crippen LogP contribution is -2.51. The summed E-state index contributed by atoms with van der Waals surface area (Å²) in [5.74, 6) is -0.0248. The molecule has 1 aromatic carbocycles. The molecule has 2 aliphatic rings. The number of carbonyl (C=O) groups is 1. The summed E-state index contributed by atoms with van der Waals surface area (Å²) in [6.45, 7) is 4.21. The third kappa shape index (κ3) is 3.43. The molecule has 1 saturated carbocycles. The van der Waals surface area contributed by atoms with Crippen molar-refractivity contribution in [2.45, 2.75) is 48.8 Å². The first-order chi connectivity index (χ1) is 11.0. The first-order valence-corrected chi connectivity index (χ1v) is 9.90.